The zero-order valence-corrected chi connectivity index (χ0v) is 9.28. The van der Waals surface area contributed by atoms with Crippen molar-refractivity contribution in [3.8, 4) is 0 Å². The number of hydrogen-bond acceptors (Lipinski definition) is 2. The second kappa shape index (κ2) is 3.49. The summed E-state index contributed by atoms with van der Waals surface area (Å²) in [5, 5.41) is 0. The molecule has 2 aliphatic heterocycles. The van der Waals surface area contributed by atoms with Gasteiger partial charge >= 0.3 is 0 Å². The van der Waals surface area contributed by atoms with Gasteiger partial charge in [0, 0.05) is 31.2 Å². The number of piperazine rings is 1. The Labute approximate surface area is 87.3 Å². The Bertz CT molecular complexity index is 210. The van der Waals surface area contributed by atoms with Gasteiger partial charge in [0.25, 0.3) is 0 Å². The minimum Gasteiger partial charge on any atom is -0.298 e. The van der Waals surface area contributed by atoms with Crippen LogP contribution in [0.5, 0.6) is 0 Å². The van der Waals surface area contributed by atoms with Gasteiger partial charge in [0.05, 0.1) is 0 Å². The summed E-state index contributed by atoms with van der Waals surface area (Å²) in [6.45, 7) is 6.31. The Hall–Kier alpha value is -0.0800. The summed E-state index contributed by atoms with van der Waals surface area (Å²) >= 11 is 0. The second-order valence-corrected chi connectivity index (χ2v) is 5.27. The topological polar surface area (TPSA) is 6.48 Å². The number of likely N-dealkylation sites (N-methyl/N-ethyl adjacent to an activating group) is 1. The minimum absolute atomic E-state index is 0.908. The lowest BCUT2D eigenvalue weighted by Gasteiger charge is -2.37. The van der Waals surface area contributed by atoms with Crippen molar-refractivity contribution in [2.75, 3.05) is 19.6 Å². The van der Waals surface area contributed by atoms with Gasteiger partial charge in [-0.2, -0.15) is 0 Å². The van der Waals surface area contributed by atoms with E-state index in [1.165, 1.54) is 51.7 Å². The fourth-order valence-corrected chi connectivity index (χ4v) is 3.85. The molecule has 14 heavy (non-hydrogen) atoms. The summed E-state index contributed by atoms with van der Waals surface area (Å²) in [5.41, 5.74) is 0. The highest BCUT2D eigenvalue weighted by atomic mass is 15.4. The quantitative estimate of drug-likeness (QED) is 0.660. The van der Waals surface area contributed by atoms with Crippen molar-refractivity contribution < 1.29 is 0 Å². The summed E-state index contributed by atoms with van der Waals surface area (Å²) in [6.07, 6.45) is 7.39. The molecule has 1 aliphatic carbocycles. The van der Waals surface area contributed by atoms with Crippen LogP contribution in [0.1, 0.15) is 39.0 Å². The maximum absolute atomic E-state index is 2.84. The van der Waals surface area contributed by atoms with Gasteiger partial charge in [0.2, 0.25) is 0 Å². The lowest BCUT2D eigenvalue weighted by Crippen LogP contribution is -2.49. The molecule has 3 aliphatic rings. The SMILES string of the molecule is CCN1C[C@@H]2C[C@H]1CN2C1CCCC1. The van der Waals surface area contributed by atoms with Crippen LogP contribution in [-0.2, 0) is 0 Å². The average Bonchev–Trinajstić information content (AvgIpc) is 2.91. The molecule has 2 saturated heterocycles. The highest BCUT2D eigenvalue weighted by Gasteiger charge is 2.44. The van der Waals surface area contributed by atoms with Crippen molar-refractivity contribution in [1.29, 1.82) is 0 Å². The molecule has 0 amide bonds. The summed E-state index contributed by atoms with van der Waals surface area (Å²) in [4.78, 5) is 5.51. The molecule has 0 aromatic rings. The molecule has 2 atom stereocenters. The molecule has 2 nitrogen and oxygen atoms in total. The summed E-state index contributed by atoms with van der Waals surface area (Å²) in [5.74, 6) is 0. The fraction of sp³-hybridized carbons (Fsp3) is 1.00. The molecule has 0 unspecified atom stereocenters. The van der Waals surface area contributed by atoms with Crippen molar-refractivity contribution >= 4 is 0 Å². The summed E-state index contributed by atoms with van der Waals surface area (Å²) in [6, 6.07) is 2.79. The summed E-state index contributed by atoms with van der Waals surface area (Å²) in [7, 11) is 0. The van der Waals surface area contributed by atoms with Gasteiger partial charge in [-0.05, 0) is 25.8 Å². The highest BCUT2D eigenvalue weighted by molar-refractivity contribution is 5.01. The van der Waals surface area contributed by atoms with E-state index in [4.69, 9.17) is 0 Å². The third kappa shape index (κ3) is 1.31. The molecule has 3 fully saturated rings. The summed E-state index contributed by atoms with van der Waals surface area (Å²) < 4.78 is 0. The number of rotatable bonds is 2. The van der Waals surface area contributed by atoms with Crippen LogP contribution in [0.3, 0.4) is 0 Å². The Morgan fingerprint density at radius 3 is 2.36 bits per heavy atom. The van der Waals surface area contributed by atoms with Crippen LogP contribution in [0.15, 0.2) is 0 Å². The van der Waals surface area contributed by atoms with Crippen LogP contribution in [0, 0.1) is 0 Å². The number of likely N-dealkylation sites (tertiary alicyclic amines) is 2. The van der Waals surface area contributed by atoms with E-state index in [9.17, 15) is 0 Å². The van der Waals surface area contributed by atoms with Crippen molar-refractivity contribution in [2.24, 2.45) is 0 Å². The van der Waals surface area contributed by atoms with E-state index in [0.29, 0.717) is 0 Å². The number of fused-ring (bicyclic) bond motifs is 2. The molecule has 0 aromatic carbocycles. The first-order valence-electron chi connectivity index (χ1n) is 6.38. The molecule has 2 heteroatoms. The smallest absolute Gasteiger partial charge is 0.0242 e. The van der Waals surface area contributed by atoms with Gasteiger partial charge in [0.15, 0.2) is 0 Å². The molecule has 0 radical (unpaired) electrons. The van der Waals surface area contributed by atoms with E-state index < -0.39 is 0 Å². The first kappa shape index (κ1) is 9.17. The van der Waals surface area contributed by atoms with Crippen LogP contribution in [0.25, 0.3) is 0 Å². The van der Waals surface area contributed by atoms with Crippen LogP contribution in [-0.4, -0.2) is 47.6 Å². The third-order valence-corrected chi connectivity index (χ3v) is 4.60. The maximum Gasteiger partial charge on any atom is 0.0242 e. The molecule has 0 aromatic heterocycles. The average molecular weight is 194 g/mol. The number of nitrogens with zero attached hydrogens (tertiary/aromatic N) is 2. The zero-order valence-electron chi connectivity index (χ0n) is 9.28. The lowest BCUT2D eigenvalue weighted by molar-refractivity contribution is 0.0970. The van der Waals surface area contributed by atoms with Gasteiger partial charge in [-0.1, -0.05) is 19.8 Å². The van der Waals surface area contributed by atoms with Gasteiger partial charge in [-0.15, -0.1) is 0 Å². The largest absolute Gasteiger partial charge is 0.298 e. The van der Waals surface area contributed by atoms with E-state index in [1.54, 1.807) is 0 Å². The molecule has 3 rings (SSSR count). The van der Waals surface area contributed by atoms with E-state index in [1.807, 2.05) is 0 Å². The van der Waals surface area contributed by atoms with Crippen LogP contribution >= 0.6 is 0 Å². The van der Waals surface area contributed by atoms with Crippen LogP contribution in [0.2, 0.25) is 0 Å². The minimum atomic E-state index is 0.908. The van der Waals surface area contributed by atoms with E-state index >= 15 is 0 Å². The Balaban J connectivity index is 1.65. The van der Waals surface area contributed by atoms with Gasteiger partial charge < -0.3 is 0 Å². The maximum atomic E-state index is 2.84. The standard InChI is InChI=1S/C12H22N2/c1-2-13-8-12-7-11(13)9-14(12)10-5-3-4-6-10/h10-12H,2-9H2,1H3/t11-,12-/m0/s1. The highest BCUT2D eigenvalue weighted by Crippen LogP contribution is 2.36. The number of hydrogen-bond donors (Lipinski definition) is 0. The molecule has 0 N–H and O–H groups in total. The Kier molecular flexibility index (Phi) is 2.29. The van der Waals surface area contributed by atoms with E-state index in [-0.39, 0.29) is 0 Å². The zero-order chi connectivity index (χ0) is 9.54. The molecule has 0 spiro atoms. The monoisotopic (exact) mass is 194 g/mol. The third-order valence-electron chi connectivity index (χ3n) is 4.60. The van der Waals surface area contributed by atoms with Crippen LogP contribution < -0.4 is 0 Å². The molecule has 2 heterocycles. The van der Waals surface area contributed by atoms with Crippen LogP contribution in [0.4, 0.5) is 0 Å². The van der Waals surface area contributed by atoms with Crippen molar-refractivity contribution in [3.63, 3.8) is 0 Å². The van der Waals surface area contributed by atoms with Crippen molar-refractivity contribution in [1.82, 2.24) is 9.80 Å². The van der Waals surface area contributed by atoms with E-state index in [2.05, 4.69) is 16.7 Å². The Morgan fingerprint density at radius 1 is 1.00 bits per heavy atom. The molecular weight excluding hydrogens is 172 g/mol. The van der Waals surface area contributed by atoms with Crippen molar-refractivity contribution in [2.45, 2.75) is 57.2 Å². The Morgan fingerprint density at radius 2 is 1.79 bits per heavy atom. The van der Waals surface area contributed by atoms with Crippen molar-refractivity contribution in [3.05, 3.63) is 0 Å². The fourth-order valence-electron chi connectivity index (χ4n) is 3.85. The molecular formula is C12H22N2. The molecule has 2 bridgehead atoms. The van der Waals surface area contributed by atoms with Gasteiger partial charge in [0.1, 0.15) is 0 Å². The van der Waals surface area contributed by atoms with Gasteiger partial charge in [-0.3, -0.25) is 9.80 Å². The van der Waals surface area contributed by atoms with Gasteiger partial charge in [-0.25, -0.2) is 0 Å². The first-order chi connectivity index (χ1) is 6.88. The molecule has 1 saturated carbocycles. The van der Waals surface area contributed by atoms with E-state index in [0.717, 1.165) is 18.1 Å². The first-order valence-corrected chi connectivity index (χ1v) is 6.38. The molecule has 80 valence electrons. The predicted octanol–water partition coefficient (Wildman–Crippen LogP) is 1.71. The lowest BCUT2D eigenvalue weighted by atomic mass is 10.1. The predicted molar refractivity (Wildman–Crippen MR) is 58.4 cm³/mol. The normalized spacial score (nSPS) is 40.1. The second-order valence-electron chi connectivity index (χ2n) is 5.27.